The van der Waals surface area contributed by atoms with E-state index in [-0.39, 0.29) is 17.0 Å². The maximum absolute atomic E-state index is 13.5. The van der Waals surface area contributed by atoms with Gasteiger partial charge in [-0.15, -0.1) is 11.3 Å². The fraction of sp³-hybridized carbons (Fsp3) is 0.310. The van der Waals surface area contributed by atoms with E-state index in [2.05, 4.69) is 10.2 Å². The number of aryl methyl sites for hydroxylation is 2. The summed E-state index contributed by atoms with van der Waals surface area (Å²) >= 11 is 7.50. The molecule has 0 bridgehead atoms. The first-order valence-electron chi connectivity index (χ1n) is 12.5. The minimum atomic E-state index is -0.687. The van der Waals surface area contributed by atoms with E-state index in [4.69, 9.17) is 16.3 Å². The van der Waals surface area contributed by atoms with Gasteiger partial charge in [0.15, 0.2) is 0 Å². The number of aromatic nitrogens is 1. The van der Waals surface area contributed by atoms with E-state index in [1.54, 1.807) is 29.7 Å². The third kappa shape index (κ3) is 5.41. The number of benzene rings is 2. The number of pyridine rings is 1. The van der Waals surface area contributed by atoms with E-state index >= 15 is 0 Å². The lowest BCUT2D eigenvalue weighted by atomic mass is 10.00. The largest absolute Gasteiger partial charge is 0.387 e. The molecular formula is C29H30ClN3O4S. The summed E-state index contributed by atoms with van der Waals surface area (Å²) in [4.78, 5) is 30.6. The van der Waals surface area contributed by atoms with E-state index in [9.17, 15) is 14.7 Å². The Morgan fingerprint density at radius 1 is 1.21 bits per heavy atom. The van der Waals surface area contributed by atoms with Crippen LogP contribution < -0.4 is 10.7 Å². The minimum absolute atomic E-state index is 0.116. The molecule has 38 heavy (non-hydrogen) atoms. The first-order chi connectivity index (χ1) is 18.3. The molecule has 2 N–H and O–H groups in total. The van der Waals surface area contributed by atoms with Crippen LogP contribution in [0.1, 0.15) is 38.0 Å². The van der Waals surface area contributed by atoms with Crippen molar-refractivity contribution >= 4 is 39.1 Å². The van der Waals surface area contributed by atoms with Crippen molar-refractivity contribution in [3.05, 3.63) is 103 Å². The number of nitrogens with zero attached hydrogens (tertiary/aromatic N) is 2. The third-order valence-corrected chi connectivity index (χ3v) is 8.70. The molecular weight excluding hydrogens is 522 g/mol. The molecule has 7 nitrogen and oxygen atoms in total. The average Bonchev–Trinajstić information content (AvgIpc) is 3.27. The summed E-state index contributed by atoms with van der Waals surface area (Å²) in [5.74, 6) is -0.408. The Hall–Kier alpha value is -3.01. The second kappa shape index (κ2) is 11.4. The Kier molecular flexibility index (Phi) is 7.97. The van der Waals surface area contributed by atoms with E-state index in [0.29, 0.717) is 43.3 Å². The number of rotatable bonds is 7. The number of halogens is 1. The maximum Gasteiger partial charge on any atom is 0.257 e. The van der Waals surface area contributed by atoms with Crippen LogP contribution in [0.2, 0.25) is 5.02 Å². The topological polar surface area (TPSA) is 83.8 Å². The molecule has 0 radical (unpaired) electrons. The second-order valence-corrected chi connectivity index (χ2v) is 11.1. The second-order valence-electron chi connectivity index (χ2n) is 9.59. The predicted molar refractivity (Wildman–Crippen MR) is 151 cm³/mol. The van der Waals surface area contributed by atoms with Crippen molar-refractivity contribution in [2.24, 2.45) is 7.05 Å². The summed E-state index contributed by atoms with van der Waals surface area (Å²) in [5, 5.41) is 15.2. The molecule has 5 rings (SSSR count). The van der Waals surface area contributed by atoms with Crippen LogP contribution in [0.5, 0.6) is 0 Å². The van der Waals surface area contributed by atoms with Crippen molar-refractivity contribution in [2.75, 3.05) is 19.8 Å². The maximum atomic E-state index is 13.5. The molecule has 2 aromatic heterocycles. The number of morpholine rings is 1. The monoisotopic (exact) mass is 551 g/mol. The quantitative estimate of drug-likeness (QED) is 0.355. The highest BCUT2D eigenvalue weighted by Crippen LogP contribution is 2.32. The molecule has 9 heteroatoms. The van der Waals surface area contributed by atoms with Crippen LogP contribution in [-0.2, 0) is 24.9 Å². The highest BCUT2D eigenvalue weighted by atomic mass is 35.5. The number of aliphatic hydroxyl groups is 1. The number of aliphatic hydroxyl groups excluding tert-OH is 1. The molecule has 0 saturated carbocycles. The van der Waals surface area contributed by atoms with Gasteiger partial charge in [-0.25, -0.2) is 0 Å². The SMILES string of the molecule is Cc1c(CN2CCOCC2[C@@H](O)c2ccccc2)sc2c1c(=O)c(C(=O)NCc1ccc(Cl)cc1)cn2C. The van der Waals surface area contributed by atoms with Gasteiger partial charge in [-0.05, 0) is 35.7 Å². The lowest BCUT2D eigenvalue weighted by molar-refractivity contribution is -0.0629. The highest BCUT2D eigenvalue weighted by molar-refractivity contribution is 7.18. The Balaban J connectivity index is 1.40. The van der Waals surface area contributed by atoms with Gasteiger partial charge in [0.2, 0.25) is 5.43 Å². The van der Waals surface area contributed by atoms with Crippen molar-refractivity contribution in [3.8, 4) is 0 Å². The van der Waals surface area contributed by atoms with Gasteiger partial charge in [-0.3, -0.25) is 14.5 Å². The van der Waals surface area contributed by atoms with Crippen LogP contribution in [-0.4, -0.2) is 46.3 Å². The number of carbonyl (C=O) groups excluding carboxylic acids is 1. The third-order valence-electron chi connectivity index (χ3n) is 7.09. The van der Waals surface area contributed by atoms with Gasteiger partial charge in [0.25, 0.3) is 5.91 Å². The number of ether oxygens (including phenoxy) is 1. The molecule has 0 spiro atoms. The summed E-state index contributed by atoms with van der Waals surface area (Å²) in [6.45, 7) is 4.51. The summed E-state index contributed by atoms with van der Waals surface area (Å²) in [6, 6.07) is 16.6. The van der Waals surface area contributed by atoms with Gasteiger partial charge in [0.1, 0.15) is 10.4 Å². The Morgan fingerprint density at radius 3 is 2.68 bits per heavy atom. The molecule has 1 saturated heterocycles. The van der Waals surface area contributed by atoms with E-state index < -0.39 is 12.0 Å². The van der Waals surface area contributed by atoms with Crippen molar-refractivity contribution in [2.45, 2.75) is 32.2 Å². The normalized spacial score (nSPS) is 17.0. The lowest BCUT2D eigenvalue weighted by Crippen LogP contribution is -2.48. The van der Waals surface area contributed by atoms with Crippen LogP contribution in [0.3, 0.4) is 0 Å². The minimum Gasteiger partial charge on any atom is -0.387 e. The van der Waals surface area contributed by atoms with Crippen molar-refractivity contribution in [1.29, 1.82) is 0 Å². The number of hydrogen-bond acceptors (Lipinski definition) is 6. The molecule has 1 fully saturated rings. The van der Waals surface area contributed by atoms with Gasteiger partial charge in [-0.2, -0.15) is 0 Å². The highest BCUT2D eigenvalue weighted by Gasteiger charge is 2.31. The Morgan fingerprint density at radius 2 is 1.95 bits per heavy atom. The zero-order valence-electron chi connectivity index (χ0n) is 21.3. The van der Waals surface area contributed by atoms with E-state index in [1.807, 2.05) is 61.0 Å². The smallest absolute Gasteiger partial charge is 0.257 e. The van der Waals surface area contributed by atoms with Crippen molar-refractivity contribution in [1.82, 2.24) is 14.8 Å². The van der Waals surface area contributed by atoms with Crippen LogP contribution in [0, 0.1) is 6.92 Å². The first-order valence-corrected chi connectivity index (χ1v) is 13.7. The van der Waals surface area contributed by atoms with Gasteiger partial charge in [-0.1, -0.05) is 54.1 Å². The predicted octanol–water partition coefficient (Wildman–Crippen LogP) is 4.43. The Labute approximate surface area is 230 Å². The average molecular weight is 552 g/mol. The number of amides is 1. The van der Waals surface area contributed by atoms with Gasteiger partial charge in [0, 0.05) is 42.8 Å². The summed E-state index contributed by atoms with van der Waals surface area (Å²) in [7, 11) is 1.86. The molecule has 1 unspecified atom stereocenters. The van der Waals surface area contributed by atoms with E-state index in [0.717, 1.165) is 26.4 Å². The summed E-state index contributed by atoms with van der Waals surface area (Å²) in [6.07, 6.45) is 0.923. The lowest BCUT2D eigenvalue weighted by Gasteiger charge is -2.38. The summed E-state index contributed by atoms with van der Waals surface area (Å²) in [5.41, 5.74) is 2.47. The standard InChI is InChI=1S/C29H30ClN3O4S/c1-18-24(16-33-12-13-37-17-23(33)26(34)20-6-4-3-5-7-20)38-29-25(18)27(35)22(15-32(29)2)28(36)31-14-19-8-10-21(30)11-9-19/h3-11,15,23,26,34H,12-14,16-17H2,1-2H3,(H,31,36)/t23?,26-/m0/s1. The fourth-order valence-corrected chi connectivity index (χ4v) is 6.29. The van der Waals surface area contributed by atoms with Gasteiger partial charge >= 0.3 is 0 Å². The summed E-state index contributed by atoms with van der Waals surface area (Å²) < 4.78 is 7.57. The number of fused-ring (bicyclic) bond motifs is 1. The zero-order valence-corrected chi connectivity index (χ0v) is 22.9. The van der Waals surface area contributed by atoms with Crippen LogP contribution in [0.15, 0.2) is 65.6 Å². The number of hydrogen-bond donors (Lipinski definition) is 2. The van der Waals surface area contributed by atoms with E-state index in [1.165, 1.54) is 0 Å². The number of nitrogens with one attached hydrogen (secondary N) is 1. The number of thiophene rings is 1. The molecule has 4 aromatic rings. The van der Waals surface area contributed by atoms with Crippen molar-refractivity contribution < 1.29 is 14.6 Å². The molecule has 0 aliphatic carbocycles. The molecule has 1 aliphatic heterocycles. The van der Waals surface area contributed by atoms with Crippen LogP contribution in [0.4, 0.5) is 0 Å². The zero-order chi connectivity index (χ0) is 26.8. The van der Waals surface area contributed by atoms with Crippen LogP contribution >= 0.6 is 22.9 Å². The van der Waals surface area contributed by atoms with Crippen molar-refractivity contribution in [3.63, 3.8) is 0 Å². The molecule has 3 heterocycles. The molecule has 1 amide bonds. The Bertz CT molecular complexity index is 1500. The van der Waals surface area contributed by atoms with Gasteiger partial charge < -0.3 is 19.7 Å². The first kappa shape index (κ1) is 26.6. The molecule has 2 aromatic carbocycles. The molecule has 198 valence electrons. The van der Waals surface area contributed by atoms with Crippen LogP contribution in [0.25, 0.3) is 10.2 Å². The fourth-order valence-electron chi connectivity index (χ4n) is 4.90. The number of carbonyl (C=O) groups is 1. The van der Waals surface area contributed by atoms with Gasteiger partial charge in [0.05, 0.1) is 30.7 Å². The molecule has 2 atom stereocenters. The molecule has 1 aliphatic rings.